The molecule has 0 aliphatic heterocycles. The van der Waals surface area contributed by atoms with Gasteiger partial charge in [0.2, 0.25) is 5.91 Å². The molecule has 1 aromatic carbocycles. The maximum Gasteiger partial charge on any atom is 0.224 e. The second-order valence-electron chi connectivity index (χ2n) is 5.13. The van der Waals surface area contributed by atoms with E-state index in [1.807, 2.05) is 17.5 Å². The lowest BCUT2D eigenvalue weighted by molar-refractivity contribution is -0.116. The van der Waals surface area contributed by atoms with Crippen LogP contribution in [0.25, 0.3) is 10.7 Å². The Hall–Kier alpha value is -2.74. The number of anilines is 1. The van der Waals surface area contributed by atoms with Gasteiger partial charge in [-0.25, -0.2) is 18.2 Å². The topological polar surface area (TPSA) is 54.9 Å². The summed E-state index contributed by atoms with van der Waals surface area (Å²) in [6.45, 7) is 0. The van der Waals surface area contributed by atoms with Gasteiger partial charge in [-0.2, -0.15) is 0 Å². The second kappa shape index (κ2) is 7.43. The summed E-state index contributed by atoms with van der Waals surface area (Å²) in [5, 5.41) is 4.78. The van der Waals surface area contributed by atoms with E-state index in [1.165, 1.54) is 11.3 Å². The Morgan fingerprint density at radius 1 is 1.12 bits per heavy atom. The summed E-state index contributed by atoms with van der Waals surface area (Å²) in [7, 11) is 0. The maximum absolute atomic E-state index is 13.5. The van der Waals surface area contributed by atoms with Gasteiger partial charge in [-0.05, 0) is 30.7 Å². The van der Waals surface area contributed by atoms with Crippen molar-refractivity contribution in [1.82, 2.24) is 9.97 Å². The third-order valence-corrected chi connectivity index (χ3v) is 4.27. The number of aromatic nitrogens is 2. The van der Waals surface area contributed by atoms with Crippen molar-refractivity contribution in [2.45, 2.75) is 12.8 Å². The van der Waals surface area contributed by atoms with Gasteiger partial charge in [0.25, 0.3) is 0 Å². The van der Waals surface area contributed by atoms with Crippen LogP contribution < -0.4 is 5.32 Å². The van der Waals surface area contributed by atoms with Gasteiger partial charge in [0, 0.05) is 18.0 Å². The maximum atomic E-state index is 13.5. The molecule has 0 saturated carbocycles. The van der Waals surface area contributed by atoms with Crippen LogP contribution in [0.2, 0.25) is 0 Å². The quantitative estimate of drug-likeness (QED) is 0.692. The van der Waals surface area contributed by atoms with E-state index < -0.39 is 29.0 Å². The van der Waals surface area contributed by atoms with Crippen molar-refractivity contribution in [3.8, 4) is 10.7 Å². The highest BCUT2D eigenvalue weighted by molar-refractivity contribution is 7.13. The highest BCUT2D eigenvalue weighted by atomic mass is 32.1. The number of hydrogen-bond donors (Lipinski definition) is 1. The number of rotatable bonds is 5. The number of nitrogens with one attached hydrogen (secondary N) is 1. The van der Waals surface area contributed by atoms with E-state index in [9.17, 15) is 18.0 Å². The molecule has 2 aromatic heterocycles. The van der Waals surface area contributed by atoms with Crippen LogP contribution in [0.3, 0.4) is 0 Å². The first kappa shape index (κ1) is 17.1. The summed E-state index contributed by atoms with van der Waals surface area (Å²) in [6.07, 6.45) is 2.03. The average molecular weight is 363 g/mol. The molecule has 8 heteroatoms. The van der Waals surface area contributed by atoms with Gasteiger partial charge in [0.1, 0.15) is 5.01 Å². The minimum Gasteiger partial charge on any atom is -0.323 e. The molecule has 0 spiro atoms. The molecule has 3 aromatic rings. The van der Waals surface area contributed by atoms with Crippen LogP contribution in [0.5, 0.6) is 0 Å². The van der Waals surface area contributed by atoms with Crippen LogP contribution in [0, 0.1) is 17.5 Å². The van der Waals surface area contributed by atoms with E-state index in [-0.39, 0.29) is 6.42 Å². The Kier molecular flexibility index (Phi) is 5.08. The van der Waals surface area contributed by atoms with Crippen molar-refractivity contribution in [1.29, 1.82) is 0 Å². The summed E-state index contributed by atoms with van der Waals surface area (Å²) in [6, 6.07) is 7.23. The number of aryl methyl sites for hydroxylation is 1. The molecular weight excluding hydrogens is 351 g/mol. The summed E-state index contributed by atoms with van der Waals surface area (Å²) >= 11 is 1.41. The predicted octanol–water partition coefficient (Wildman–Crippen LogP) is 4.19. The first-order valence-electron chi connectivity index (χ1n) is 7.34. The van der Waals surface area contributed by atoms with E-state index in [1.54, 1.807) is 12.3 Å². The zero-order valence-corrected chi connectivity index (χ0v) is 13.6. The minimum absolute atomic E-state index is 0.0316. The predicted molar refractivity (Wildman–Crippen MR) is 88.6 cm³/mol. The zero-order chi connectivity index (χ0) is 17.8. The third kappa shape index (κ3) is 4.03. The van der Waals surface area contributed by atoms with Gasteiger partial charge in [-0.15, -0.1) is 11.3 Å². The van der Waals surface area contributed by atoms with E-state index in [4.69, 9.17) is 0 Å². The molecule has 1 amide bonds. The normalized spacial score (nSPS) is 10.7. The molecule has 0 aliphatic rings. The number of amides is 1. The fraction of sp³-hybridized carbons (Fsp3) is 0.118. The van der Waals surface area contributed by atoms with Crippen molar-refractivity contribution < 1.29 is 18.0 Å². The summed E-state index contributed by atoms with van der Waals surface area (Å²) in [4.78, 5) is 20.5. The van der Waals surface area contributed by atoms with Crippen LogP contribution >= 0.6 is 11.3 Å². The first-order valence-corrected chi connectivity index (χ1v) is 8.21. The smallest absolute Gasteiger partial charge is 0.224 e. The van der Waals surface area contributed by atoms with Crippen LogP contribution in [-0.2, 0) is 11.2 Å². The molecule has 25 heavy (non-hydrogen) atoms. The van der Waals surface area contributed by atoms with Crippen molar-refractivity contribution in [3.63, 3.8) is 0 Å². The average Bonchev–Trinajstić information content (AvgIpc) is 3.10. The molecule has 0 aliphatic carbocycles. The van der Waals surface area contributed by atoms with Crippen LogP contribution in [0.4, 0.5) is 18.9 Å². The summed E-state index contributed by atoms with van der Waals surface area (Å²) in [5.41, 5.74) is 1.05. The Bertz CT molecular complexity index is 899. The molecule has 0 radical (unpaired) electrons. The minimum atomic E-state index is -1.61. The van der Waals surface area contributed by atoms with Crippen molar-refractivity contribution >= 4 is 22.9 Å². The fourth-order valence-electron chi connectivity index (χ4n) is 2.11. The summed E-state index contributed by atoms with van der Waals surface area (Å²) < 4.78 is 39.5. The SMILES string of the molecule is O=C(CCc1csc(-c2ccccn2)n1)Nc1ccc(F)c(F)c1F. The lowest BCUT2D eigenvalue weighted by Gasteiger charge is -2.06. The fourth-order valence-corrected chi connectivity index (χ4v) is 2.94. The Morgan fingerprint density at radius 3 is 2.72 bits per heavy atom. The molecule has 3 rings (SSSR count). The molecule has 128 valence electrons. The number of hydrogen-bond acceptors (Lipinski definition) is 4. The molecule has 0 unspecified atom stereocenters. The molecule has 2 heterocycles. The molecule has 0 fully saturated rings. The number of nitrogens with zero attached hydrogens (tertiary/aromatic N) is 2. The number of benzene rings is 1. The van der Waals surface area contributed by atoms with Crippen molar-refractivity contribution in [2.75, 3.05) is 5.32 Å². The van der Waals surface area contributed by atoms with Crippen LogP contribution in [0.1, 0.15) is 12.1 Å². The van der Waals surface area contributed by atoms with Crippen molar-refractivity contribution in [3.05, 3.63) is 65.1 Å². The Balaban J connectivity index is 1.60. The molecule has 0 atom stereocenters. The van der Waals surface area contributed by atoms with Gasteiger partial charge in [-0.3, -0.25) is 9.78 Å². The Morgan fingerprint density at radius 2 is 1.96 bits per heavy atom. The lowest BCUT2D eigenvalue weighted by atomic mass is 10.2. The number of thiazole rings is 1. The second-order valence-corrected chi connectivity index (χ2v) is 5.99. The monoisotopic (exact) mass is 363 g/mol. The molecule has 0 bridgehead atoms. The Labute approximate surface area is 145 Å². The van der Waals surface area contributed by atoms with Crippen molar-refractivity contribution in [2.24, 2.45) is 0 Å². The van der Waals surface area contributed by atoms with E-state index >= 15 is 0 Å². The molecule has 0 saturated heterocycles. The van der Waals surface area contributed by atoms with E-state index in [2.05, 4.69) is 15.3 Å². The number of carbonyl (C=O) groups is 1. The molecule has 4 nitrogen and oxygen atoms in total. The zero-order valence-electron chi connectivity index (χ0n) is 12.8. The van der Waals surface area contributed by atoms with E-state index in [0.717, 1.165) is 22.8 Å². The van der Waals surface area contributed by atoms with E-state index in [0.29, 0.717) is 12.1 Å². The van der Waals surface area contributed by atoms with Gasteiger partial charge in [-0.1, -0.05) is 6.07 Å². The number of pyridine rings is 1. The lowest BCUT2D eigenvalue weighted by Crippen LogP contribution is -2.14. The van der Waals surface area contributed by atoms with Gasteiger partial charge in [0.05, 0.1) is 17.1 Å². The van der Waals surface area contributed by atoms with Gasteiger partial charge in [0.15, 0.2) is 17.5 Å². The highest BCUT2D eigenvalue weighted by Gasteiger charge is 2.15. The van der Waals surface area contributed by atoms with Crippen LogP contribution in [-0.4, -0.2) is 15.9 Å². The number of carbonyl (C=O) groups excluding carboxylic acids is 1. The van der Waals surface area contributed by atoms with Gasteiger partial charge >= 0.3 is 0 Å². The molecular formula is C17H12F3N3OS. The molecule has 1 N–H and O–H groups in total. The standard InChI is InChI=1S/C17H12F3N3OS/c18-11-5-6-12(16(20)15(11)19)23-14(24)7-4-10-9-25-17(22-10)13-3-1-2-8-21-13/h1-3,5-6,8-9H,4,7H2,(H,23,24). The van der Waals surface area contributed by atoms with Crippen LogP contribution in [0.15, 0.2) is 41.9 Å². The van der Waals surface area contributed by atoms with Gasteiger partial charge < -0.3 is 5.32 Å². The number of halogens is 3. The third-order valence-electron chi connectivity index (χ3n) is 3.35. The summed E-state index contributed by atoms with van der Waals surface area (Å²) in [5.74, 6) is -4.85. The highest BCUT2D eigenvalue weighted by Crippen LogP contribution is 2.23. The largest absolute Gasteiger partial charge is 0.323 e. The first-order chi connectivity index (χ1) is 12.0.